The molecule has 0 atom stereocenters. The number of rotatable bonds is 8. The first-order valence-electron chi connectivity index (χ1n) is 11.2. The predicted molar refractivity (Wildman–Crippen MR) is 126 cm³/mol. The minimum absolute atomic E-state index is 0.0221. The second-order valence-electron chi connectivity index (χ2n) is 8.14. The van der Waals surface area contributed by atoms with E-state index in [1.807, 2.05) is 11.1 Å². The van der Waals surface area contributed by atoms with Crippen LogP contribution in [0.1, 0.15) is 36.6 Å². The van der Waals surface area contributed by atoms with Gasteiger partial charge in [-0.15, -0.1) is 5.10 Å². The van der Waals surface area contributed by atoms with Gasteiger partial charge in [-0.1, -0.05) is 26.0 Å². The van der Waals surface area contributed by atoms with E-state index in [-0.39, 0.29) is 11.9 Å². The van der Waals surface area contributed by atoms with E-state index in [1.54, 1.807) is 10.7 Å². The van der Waals surface area contributed by atoms with Crippen molar-refractivity contribution >= 4 is 23.2 Å². The Kier molecular flexibility index (Phi) is 6.71. The van der Waals surface area contributed by atoms with Gasteiger partial charge in [-0.05, 0) is 30.5 Å². The normalized spacial score (nSPS) is 14.0. The van der Waals surface area contributed by atoms with Gasteiger partial charge in [0.25, 0.3) is 0 Å². The van der Waals surface area contributed by atoms with Crippen molar-refractivity contribution in [1.82, 2.24) is 29.5 Å². The highest BCUT2D eigenvalue weighted by Gasteiger charge is 2.21. The van der Waals surface area contributed by atoms with Gasteiger partial charge in [-0.2, -0.15) is 4.98 Å². The lowest BCUT2D eigenvalue weighted by atomic mass is 10.1. The van der Waals surface area contributed by atoms with Gasteiger partial charge < -0.3 is 20.3 Å². The smallest absolute Gasteiger partial charge is 0.336 e. The number of hydrogen-bond acceptors (Lipinski definition) is 8. The fourth-order valence-electron chi connectivity index (χ4n) is 3.95. The molecule has 0 unspecified atom stereocenters. The molecular formula is C23H30N8O2. The number of hydrogen-bond donors (Lipinski definition) is 1. The van der Waals surface area contributed by atoms with Crippen molar-refractivity contribution < 1.29 is 9.53 Å². The SMILES string of the molecule is C=CC(=O)N1CCN(c2ncc(Cc3cnc4c(N)nc(OCCCC)nn34)cc2C)CC1. The van der Waals surface area contributed by atoms with Crippen LogP contribution in [0.3, 0.4) is 0 Å². The minimum atomic E-state index is -0.0221. The van der Waals surface area contributed by atoms with E-state index in [0.29, 0.717) is 37.6 Å². The molecule has 0 aliphatic carbocycles. The highest BCUT2D eigenvalue weighted by atomic mass is 16.5. The Morgan fingerprint density at radius 2 is 2.03 bits per heavy atom. The summed E-state index contributed by atoms with van der Waals surface area (Å²) in [5.74, 6) is 1.22. The molecule has 1 fully saturated rings. The summed E-state index contributed by atoms with van der Waals surface area (Å²) in [5, 5.41) is 4.48. The number of nitrogens with zero attached hydrogens (tertiary/aromatic N) is 7. The van der Waals surface area contributed by atoms with Gasteiger partial charge in [0.2, 0.25) is 5.91 Å². The molecule has 0 saturated carbocycles. The van der Waals surface area contributed by atoms with Crippen LogP contribution in [0.25, 0.3) is 5.65 Å². The molecule has 3 aromatic heterocycles. The van der Waals surface area contributed by atoms with E-state index in [4.69, 9.17) is 15.5 Å². The van der Waals surface area contributed by atoms with Crippen molar-refractivity contribution in [2.24, 2.45) is 0 Å². The number of nitrogens with two attached hydrogens (primary N) is 1. The Morgan fingerprint density at radius 3 is 2.73 bits per heavy atom. The maximum Gasteiger partial charge on any atom is 0.336 e. The van der Waals surface area contributed by atoms with Gasteiger partial charge in [0.1, 0.15) is 5.82 Å². The number of unbranched alkanes of at least 4 members (excludes halogenated alkanes) is 1. The summed E-state index contributed by atoms with van der Waals surface area (Å²) >= 11 is 0. The van der Waals surface area contributed by atoms with Crippen LogP contribution in [0.4, 0.5) is 11.6 Å². The number of carbonyl (C=O) groups excluding carboxylic acids is 1. The van der Waals surface area contributed by atoms with E-state index in [9.17, 15) is 4.79 Å². The molecule has 1 aliphatic heterocycles. The van der Waals surface area contributed by atoms with Gasteiger partial charge >= 0.3 is 6.01 Å². The molecular weight excluding hydrogens is 420 g/mol. The summed E-state index contributed by atoms with van der Waals surface area (Å²) in [7, 11) is 0. The Balaban J connectivity index is 1.49. The number of amides is 1. The van der Waals surface area contributed by atoms with Gasteiger partial charge in [0, 0.05) is 38.8 Å². The van der Waals surface area contributed by atoms with E-state index in [1.165, 1.54) is 6.08 Å². The number of ether oxygens (including phenoxy) is 1. The van der Waals surface area contributed by atoms with Crippen molar-refractivity contribution in [3.63, 3.8) is 0 Å². The molecule has 0 radical (unpaired) electrons. The molecule has 0 bridgehead atoms. The first kappa shape index (κ1) is 22.5. The van der Waals surface area contributed by atoms with E-state index >= 15 is 0 Å². The largest absolute Gasteiger partial charge is 0.462 e. The topological polar surface area (TPSA) is 115 Å². The number of pyridine rings is 1. The molecule has 174 valence electrons. The zero-order valence-corrected chi connectivity index (χ0v) is 19.2. The summed E-state index contributed by atoms with van der Waals surface area (Å²) < 4.78 is 7.34. The highest BCUT2D eigenvalue weighted by molar-refractivity contribution is 5.87. The predicted octanol–water partition coefficient (Wildman–Crippen LogP) is 2.01. The second kappa shape index (κ2) is 9.85. The van der Waals surface area contributed by atoms with Crippen molar-refractivity contribution in [3.05, 3.63) is 47.9 Å². The Hall–Kier alpha value is -3.69. The lowest BCUT2D eigenvalue weighted by molar-refractivity contribution is -0.126. The van der Waals surface area contributed by atoms with Crippen LogP contribution < -0.4 is 15.4 Å². The van der Waals surface area contributed by atoms with Crippen molar-refractivity contribution in [3.8, 4) is 6.01 Å². The third-order valence-corrected chi connectivity index (χ3v) is 5.73. The number of carbonyl (C=O) groups is 1. The maximum absolute atomic E-state index is 11.8. The van der Waals surface area contributed by atoms with Gasteiger partial charge in [0.05, 0.1) is 18.5 Å². The lowest BCUT2D eigenvalue weighted by Crippen LogP contribution is -2.48. The van der Waals surface area contributed by atoms with Crippen LogP contribution in [0.15, 0.2) is 31.1 Å². The van der Waals surface area contributed by atoms with Crippen molar-refractivity contribution in [2.75, 3.05) is 43.4 Å². The highest BCUT2D eigenvalue weighted by Crippen LogP contribution is 2.22. The maximum atomic E-state index is 11.8. The summed E-state index contributed by atoms with van der Waals surface area (Å²) in [4.78, 5) is 29.2. The molecule has 0 aromatic carbocycles. The number of aromatic nitrogens is 5. The van der Waals surface area contributed by atoms with E-state index in [0.717, 1.165) is 48.6 Å². The molecule has 10 heteroatoms. The number of nitrogen functional groups attached to an aromatic ring is 1. The zero-order chi connectivity index (χ0) is 23.4. The average Bonchev–Trinajstić information content (AvgIpc) is 3.22. The van der Waals surface area contributed by atoms with Gasteiger partial charge in [0.15, 0.2) is 11.5 Å². The molecule has 3 aromatic rings. The molecule has 4 rings (SSSR count). The monoisotopic (exact) mass is 450 g/mol. The molecule has 1 amide bonds. The standard InChI is InChI=1S/C23H30N8O2/c1-4-6-11-33-23-27-20(24)22-26-15-18(31(22)28-23)13-17-12-16(3)21(25-14-17)30-9-7-29(8-10-30)19(32)5-2/h5,12,14-15H,2,4,6-11,13H2,1,3H3,(H2,24,27,28). The summed E-state index contributed by atoms with van der Waals surface area (Å²) in [6.07, 6.45) is 7.56. The van der Waals surface area contributed by atoms with Crippen LogP contribution in [0.5, 0.6) is 6.01 Å². The fraction of sp³-hybridized carbons (Fsp3) is 0.435. The quantitative estimate of drug-likeness (QED) is 0.409. The lowest BCUT2D eigenvalue weighted by Gasteiger charge is -2.35. The Morgan fingerprint density at radius 1 is 1.24 bits per heavy atom. The third-order valence-electron chi connectivity index (χ3n) is 5.73. The third kappa shape index (κ3) is 4.89. The molecule has 4 heterocycles. The summed E-state index contributed by atoms with van der Waals surface area (Å²) in [6, 6.07) is 2.39. The zero-order valence-electron chi connectivity index (χ0n) is 19.2. The number of fused-ring (bicyclic) bond motifs is 1. The number of piperazine rings is 1. The Bertz CT molecular complexity index is 1150. The molecule has 1 saturated heterocycles. The van der Waals surface area contributed by atoms with Crippen molar-refractivity contribution in [2.45, 2.75) is 33.1 Å². The van der Waals surface area contributed by atoms with Gasteiger partial charge in [-0.3, -0.25) is 4.79 Å². The number of imidazole rings is 1. The van der Waals surface area contributed by atoms with E-state index in [2.05, 4.69) is 46.5 Å². The van der Waals surface area contributed by atoms with Gasteiger partial charge in [-0.25, -0.2) is 14.5 Å². The molecule has 0 spiro atoms. The minimum Gasteiger partial charge on any atom is -0.462 e. The van der Waals surface area contributed by atoms with Crippen molar-refractivity contribution in [1.29, 1.82) is 0 Å². The fourth-order valence-corrected chi connectivity index (χ4v) is 3.95. The first-order valence-corrected chi connectivity index (χ1v) is 11.2. The van der Waals surface area contributed by atoms with Crippen LogP contribution in [0.2, 0.25) is 0 Å². The van der Waals surface area contributed by atoms with Crippen LogP contribution >= 0.6 is 0 Å². The van der Waals surface area contributed by atoms with E-state index < -0.39 is 0 Å². The molecule has 2 N–H and O–H groups in total. The van der Waals surface area contributed by atoms with Crippen LogP contribution in [-0.2, 0) is 11.2 Å². The molecule has 33 heavy (non-hydrogen) atoms. The second-order valence-corrected chi connectivity index (χ2v) is 8.14. The average molecular weight is 451 g/mol. The molecule has 1 aliphatic rings. The van der Waals surface area contributed by atoms with Crippen LogP contribution in [0, 0.1) is 6.92 Å². The summed E-state index contributed by atoms with van der Waals surface area (Å²) in [5.41, 5.74) is 9.60. The number of anilines is 2. The summed E-state index contributed by atoms with van der Waals surface area (Å²) in [6.45, 7) is 11.1. The Labute approximate surface area is 193 Å². The first-order chi connectivity index (χ1) is 16.0. The molecule has 10 nitrogen and oxygen atoms in total. The van der Waals surface area contributed by atoms with Crippen LogP contribution in [-0.4, -0.2) is 68.2 Å². The number of aryl methyl sites for hydroxylation is 1.